The Morgan fingerprint density at radius 1 is 1.05 bits per heavy atom. The van der Waals surface area contributed by atoms with Crippen LogP contribution in [-0.4, -0.2) is 21.0 Å². The van der Waals surface area contributed by atoms with E-state index in [-0.39, 0.29) is 22.8 Å². The molecule has 13 heteroatoms. The van der Waals surface area contributed by atoms with Crippen LogP contribution in [0.25, 0.3) is 6.08 Å². The summed E-state index contributed by atoms with van der Waals surface area (Å²) in [6.07, 6.45) is -3.37. The number of hydrogen-bond acceptors (Lipinski definition) is 6. The number of thioether (sulfide) groups is 1. The van der Waals surface area contributed by atoms with Gasteiger partial charge >= 0.3 is 11.9 Å². The van der Waals surface area contributed by atoms with Crippen molar-refractivity contribution in [1.29, 1.82) is 0 Å². The normalized spacial score (nSPS) is 14.9. The lowest BCUT2D eigenvalue weighted by molar-refractivity contribution is -0.385. The van der Waals surface area contributed by atoms with Crippen molar-refractivity contribution < 1.29 is 32.4 Å². The molecule has 190 valence electrons. The van der Waals surface area contributed by atoms with Gasteiger partial charge in [0.2, 0.25) is 5.75 Å². The number of hydrogen-bond donors (Lipinski definition) is 0. The van der Waals surface area contributed by atoms with Gasteiger partial charge in [0.15, 0.2) is 0 Å². The minimum absolute atomic E-state index is 0.0375. The van der Waals surface area contributed by atoms with Gasteiger partial charge in [-0.1, -0.05) is 28.1 Å². The highest BCUT2D eigenvalue weighted by molar-refractivity contribution is 14.1. The molecular formula is C24H13BrF3IN2O5S. The van der Waals surface area contributed by atoms with Gasteiger partial charge in [-0.2, -0.15) is 13.2 Å². The summed E-state index contributed by atoms with van der Waals surface area (Å²) in [5, 5.41) is 11.0. The van der Waals surface area contributed by atoms with Gasteiger partial charge in [-0.15, -0.1) is 0 Å². The Balaban J connectivity index is 1.65. The molecule has 4 rings (SSSR count). The molecule has 0 aromatic heterocycles. The molecule has 0 radical (unpaired) electrons. The van der Waals surface area contributed by atoms with Crippen molar-refractivity contribution in [2.45, 2.75) is 12.7 Å². The van der Waals surface area contributed by atoms with E-state index in [1.165, 1.54) is 12.1 Å². The molecule has 2 amide bonds. The van der Waals surface area contributed by atoms with Gasteiger partial charge in [0, 0.05) is 19.7 Å². The first kappa shape index (κ1) is 27.1. The highest BCUT2D eigenvalue weighted by atomic mass is 127. The Kier molecular flexibility index (Phi) is 7.94. The molecule has 7 nitrogen and oxygen atoms in total. The zero-order valence-corrected chi connectivity index (χ0v) is 22.9. The molecule has 1 fully saturated rings. The van der Waals surface area contributed by atoms with Gasteiger partial charge in [-0.3, -0.25) is 24.6 Å². The lowest BCUT2D eigenvalue weighted by atomic mass is 10.1. The molecule has 0 spiro atoms. The lowest BCUT2D eigenvalue weighted by Crippen LogP contribution is -2.27. The number of nitro groups is 1. The van der Waals surface area contributed by atoms with E-state index in [9.17, 15) is 32.9 Å². The number of halogens is 5. The van der Waals surface area contributed by atoms with Gasteiger partial charge in [0.1, 0.15) is 5.75 Å². The second kappa shape index (κ2) is 10.8. The number of rotatable bonds is 6. The molecule has 3 aromatic rings. The van der Waals surface area contributed by atoms with Gasteiger partial charge in [0.25, 0.3) is 11.1 Å². The summed E-state index contributed by atoms with van der Waals surface area (Å²) in [5.74, 6) is -0.905. The van der Waals surface area contributed by atoms with Gasteiger partial charge in [0.05, 0.1) is 21.9 Å². The zero-order valence-electron chi connectivity index (χ0n) is 18.3. The number of carbonyl (C=O) groups is 2. The highest BCUT2D eigenvalue weighted by Crippen LogP contribution is 2.40. The van der Waals surface area contributed by atoms with E-state index in [0.29, 0.717) is 16.6 Å². The van der Waals surface area contributed by atoms with Gasteiger partial charge in [-0.25, -0.2) is 0 Å². The van der Waals surface area contributed by atoms with Crippen molar-refractivity contribution in [1.82, 2.24) is 4.90 Å². The lowest BCUT2D eigenvalue weighted by Gasteiger charge is -2.13. The van der Waals surface area contributed by atoms with Crippen LogP contribution in [0.15, 0.2) is 70.0 Å². The number of nitrogens with zero attached hydrogens (tertiary/aromatic N) is 2. The Morgan fingerprint density at radius 2 is 1.73 bits per heavy atom. The first-order valence-electron chi connectivity index (χ1n) is 10.3. The summed E-state index contributed by atoms with van der Waals surface area (Å²) in [7, 11) is 0. The predicted molar refractivity (Wildman–Crippen MR) is 143 cm³/mol. The fourth-order valence-electron chi connectivity index (χ4n) is 3.32. The number of carbonyl (C=O) groups excluding carboxylic acids is 2. The van der Waals surface area contributed by atoms with Crippen LogP contribution in [0.5, 0.6) is 11.5 Å². The average molecular weight is 705 g/mol. The standard InChI is InChI=1S/C24H13BrF3IN2O5S/c25-16-4-8-19(36-20-7-3-15(24(26,27)28)11-18(20)31(34)35)14(9-16)10-21-22(32)30(23(33)37-21)12-13-1-5-17(29)6-2-13/h1-11H,12H2/b21-10+. The number of ether oxygens (including phenoxy) is 1. The van der Waals surface area contributed by atoms with Crippen LogP contribution in [0, 0.1) is 13.7 Å². The topological polar surface area (TPSA) is 89.7 Å². The van der Waals surface area contributed by atoms with E-state index < -0.39 is 39.2 Å². The van der Waals surface area contributed by atoms with Crippen molar-refractivity contribution in [3.8, 4) is 11.5 Å². The Labute approximate surface area is 234 Å². The molecule has 0 N–H and O–H groups in total. The van der Waals surface area contributed by atoms with Crippen LogP contribution in [0.3, 0.4) is 0 Å². The van der Waals surface area contributed by atoms with E-state index in [1.54, 1.807) is 12.1 Å². The van der Waals surface area contributed by atoms with Crippen molar-refractivity contribution >= 4 is 73.2 Å². The molecule has 3 aromatic carbocycles. The average Bonchev–Trinajstić information content (AvgIpc) is 3.08. The molecule has 0 saturated carbocycles. The third-order valence-corrected chi connectivity index (χ3v) is 7.21. The quantitative estimate of drug-likeness (QED) is 0.112. The van der Waals surface area contributed by atoms with Crippen LogP contribution in [-0.2, 0) is 17.5 Å². The van der Waals surface area contributed by atoms with E-state index in [0.717, 1.165) is 31.9 Å². The first-order chi connectivity index (χ1) is 17.4. The summed E-state index contributed by atoms with van der Waals surface area (Å²) in [4.78, 5) is 37.2. The van der Waals surface area contributed by atoms with Crippen molar-refractivity contribution in [2.75, 3.05) is 0 Å². The summed E-state index contributed by atoms with van der Waals surface area (Å²) in [6.45, 7) is 0.0819. The minimum atomic E-state index is -4.77. The third-order valence-electron chi connectivity index (χ3n) is 5.09. The molecule has 37 heavy (non-hydrogen) atoms. The molecule has 1 aliphatic rings. The zero-order chi connectivity index (χ0) is 26.9. The summed E-state index contributed by atoms with van der Waals surface area (Å²) in [6, 6.07) is 13.8. The number of alkyl halides is 3. The van der Waals surface area contributed by atoms with Crippen LogP contribution < -0.4 is 4.74 Å². The maximum Gasteiger partial charge on any atom is 0.416 e. The second-order valence-corrected chi connectivity index (χ2v) is 10.8. The molecule has 1 saturated heterocycles. The highest BCUT2D eigenvalue weighted by Gasteiger charge is 2.36. The van der Waals surface area contributed by atoms with E-state index in [4.69, 9.17) is 4.74 Å². The first-order valence-corrected chi connectivity index (χ1v) is 12.9. The maximum absolute atomic E-state index is 13.0. The molecule has 0 bridgehead atoms. The van der Waals surface area contributed by atoms with Crippen molar-refractivity contribution in [3.05, 3.63) is 100 Å². The van der Waals surface area contributed by atoms with Gasteiger partial charge < -0.3 is 4.74 Å². The van der Waals surface area contributed by atoms with Crippen molar-refractivity contribution in [3.63, 3.8) is 0 Å². The smallest absolute Gasteiger partial charge is 0.416 e. The Bertz CT molecular complexity index is 1450. The molecular weight excluding hydrogens is 692 g/mol. The monoisotopic (exact) mass is 704 g/mol. The fourth-order valence-corrected chi connectivity index (χ4v) is 4.88. The predicted octanol–water partition coefficient (Wildman–Crippen LogP) is 8.01. The van der Waals surface area contributed by atoms with E-state index in [2.05, 4.69) is 38.5 Å². The van der Waals surface area contributed by atoms with E-state index >= 15 is 0 Å². The molecule has 1 aliphatic heterocycles. The minimum Gasteiger partial charge on any atom is -0.449 e. The third kappa shape index (κ3) is 6.33. The number of imide groups is 1. The van der Waals surface area contributed by atoms with Crippen LogP contribution in [0.1, 0.15) is 16.7 Å². The summed E-state index contributed by atoms with van der Waals surface area (Å²) in [5.41, 5.74) is -1.01. The molecule has 0 atom stereocenters. The summed E-state index contributed by atoms with van der Waals surface area (Å²) >= 11 is 6.17. The van der Waals surface area contributed by atoms with Gasteiger partial charge in [-0.05, 0) is 88.5 Å². The number of amides is 2. The fraction of sp³-hybridized carbons (Fsp3) is 0.0833. The second-order valence-electron chi connectivity index (χ2n) is 7.62. The van der Waals surface area contributed by atoms with Crippen LogP contribution in [0.2, 0.25) is 0 Å². The Hall–Kier alpha value is -2.91. The molecule has 0 unspecified atom stereocenters. The van der Waals surface area contributed by atoms with Crippen LogP contribution >= 0.6 is 50.3 Å². The Morgan fingerprint density at radius 3 is 2.38 bits per heavy atom. The number of nitro benzene ring substituents is 1. The largest absolute Gasteiger partial charge is 0.449 e. The van der Waals surface area contributed by atoms with E-state index in [1.807, 2.05) is 24.3 Å². The SMILES string of the molecule is O=C1S/C(=C/c2cc(Br)ccc2Oc2ccc(C(F)(F)F)cc2[N+](=O)[O-])C(=O)N1Cc1ccc(I)cc1. The molecule has 1 heterocycles. The van der Waals surface area contributed by atoms with Crippen LogP contribution in [0.4, 0.5) is 23.7 Å². The number of benzene rings is 3. The van der Waals surface area contributed by atoms with Crippen molar-refractivity contribution in [2.24, 2.45) is 0 Å². The molecule has 0 aliphatic carbocycles. The summed E-state index contributed by atoms with van der Waals surface area (Å²) < 4.78 is 46.3. The maximum atomic E-state index is 13.0.